The highest BCUT2D eigenvalue weighted by molar-refractivity contribution is 7.89. The molecule has 0 bridgehead atoms. The minimum atomic E-state index is -4.74. The van der Waals surface area contributed by atoms with Crippen LogP contribution in [0.2, 0.25) is 0 Å². The lowest BCUT2D eigenvalue weighted by atomic mass is 10.1. The summed E-state index contributed by atoms with van der Waals surface area (Å²) in [6, 6.07) is 13.8. The number of hydrogen-bond donors (Lipinski definition) is 1. The van der Waals surface area contributed by atoms with Crippen molar-refractivity contribution in [3.8, 4) is 0 Å². The summed E-state index contributed by atoms with van der Waals surface area (Å²) in [5.41, 5.74) is 1.28. The van der Waals surface area contributed by atoms with E-state index in [0.717, 1.165) is 45.8 Å². The first-order valence-electron chi connectivity index (χ1n) is 10.9. The number of aromatic nitrogens is 1. The van der Waals surface area contributed by atoms with Crippen molar-refractivity contribution in [1.82, 2.24) is 9.29 Å². The van der Waals surface area contributed by atoms with Crippen molar-refractivity contribution < 1.29 is 26.0 Å². The molecule has 188 valence electrons. The van der Waals surface area contributed by atoms with Crippen molar-refractivity contribution in [2.24, 2.45) is 0 Å². The van der Waals surface area contributed by atoms with Crippen molar-refractivity contribution in [3.63, 3.8) is 0 Å². The van der Waals surface area contributed by atoms with Crippen LogP contribution in [0.15, 0.2) is 76.4 Å². The van der Waals surface area contributed by atoms with Crippen LogP contribution in [0.25, 0.3) is 10.9 Å². The molecule has 0 aliphatic heterocycles. The highest BCUT2D eigenvalue weighted by Gasteiger charge is 2.33. The molecule has 0 fully saturated rings. The summed E-state index contributed by atoms with van der Waals surface area (Å²) in [5, 5.41) is 0.695. The van der Waals surface area contributed by atoms with Gasteiger partial charge in [0.05, 0.1) is 16.0 Å². The van der Waals surface area contributed by atoms with Gasteiger partial charge in [-0.1, -0.05) is 29.8 Å². The van der Waals surface area contributed by atoms with Gasteiger partial charge in [-0.2, -0.15) is 17.5 Å². The number of fused-ring (bicyclic) bond motifs is 1. The molecule has 0 aliphatic carbocycles. The molecule has 0 aliphatic rings. The van der Waals surface area contributed by atoms with E-state index in [1.54, 1.807) is 6.07 Å². The van der Waals surface area contributed by atoms with E-state index in [-0.39, 0.29) is 12.1 Å². The summed E-state index contributed by atoms with van der Waals surface area (Å²) in [6.07, 6.45) is -4.74. The SMILES string of the molecule is Cc1cc(C)c2[nH]c(=O)c(CN(Cc3ccc(F)cc3)S(=O)(=O)c3cccc(C(F)(F)F)c3)cc2c1. The largest absolute Gasteiger partial charge is 0.416 e. The highest BCUT2D eigenvalue weighted by Crippen LogP contribution is 2.32. The maximum atomic E-state index is 13.5. The van der Waals surface area contributed by atoms with Crippen LogP contribution >= 0.6 is 0 Å². The van der Waals surface area contributed by atoms with E-state index in [1.807, 2.05) is 26.0 Å². The third kappa shape index (κ3) is 5.34. The number of hydrogen-bond acceptors (Lipinski definition) is 3. The molecule has 5 nitrogen and oxygen atoms in total. The van der Waals surface area contributed by atoms with E-state index in [4.69, 9.17) is 0 Å². The van der Waals surface area contributed by atoms with Gasteiger partial charge in [0.15, 0.2) is 0 Å². The molecule has 0 saturated heterocycles. The smallest absolute Gasteiger partial charge is 0.321 e. The maximum absolute atomic E-state index is 13.5. The van der Waals surface area contributed by atoms with E-state index in [0.29, 0.717) is 22.5 Å². The van der Waals surface area contributed by atoms with Crippen LogP contribution in [0.4, 0.5) is 17.6 Å². The molecular formula is C26H22F4N2O3S. The molecule has 10 heteroatoms. The van der Waals surface area contributed by atoms with Gasteiger partial charge in [-0.15, -0.1) is 0 Å². The quantitative estimate of drug-likeness (QED) is 0.333. The van der Waals surface area contributed by atoms with Gasteiger partial charge in [0, 0.05) is 18.7 Å². The highest BCUT2D eigenvalue weighted by atomic mass is 32.2. The van der Waals surface area contributed by atoms with Crippen LogP contribution in [0.1, 0.15) is 27.8 Å². The molecule has 0 amide bonds. The normalized spacial score (nSPS) is 12.4. The summed E-state index contributed by atoms with van der Waals surface area (Å²) in [4.78, 5) is 15.1. The lowest BCUT2D eigenvalue weighted by Gasteiger charge is -2.23. The Hall–Kier alpha value is -3.50. The van der Waals surface area contributed by atoms with Gasteiger partial charge in [-0.05, 0) is 72.8 Å². The first-order chi connectivity index (χ1) is 16.8. The molecule has 1 heterocycles. The molecule has 0 radical (unpaired) electrons. The van der Waals surface area contributed by atoms with Gasteiger partial charge in [0.25, 0.3) is 5.56 Å². The zero-order valence-corrected chi connectivity index (χ0v) is 20.2. The van der Waals surface area contributed by atoms with E-state index < -0.39 is 44.6 Å². The molecule has 0 atom stereocenters. The fraction of sp³-hybridized carbons (Fsp3) is 0.192. The predicted molar refractivity (Wildman–Crippen MR) is 128 cm³/mol. The summed E-state index contributed by atoms with van der Waals surface area (Å²) < 4.78 is 81.2. The second kappa shape index (κ2) is 9.51. The summed E-state index contributed by atoms with van der Waals surface area (Å²) in [6.45, 7) is 3.03. The molecule has 0 unspecified atom stereocenters. The van der Waals surface area contributed by atoms with Crippen molar-refractivity contribution >= 4 is 20.9 Å². The Balaban J connectivity index is 1.81. The van der Waals surface area contributed by atoms with Gasteiger partial charge in [-0.3, -0.25) is 4.79 Å². The number of benzene rings is 3. The number of halogens is 4. The first-order valence-corrected chi connectivity index (χ1v) is 12.3. The van der Waals surface area contributed by atoms with Crippen LogP contribution in [0, 0.1) is 19.7 Å². The Bertz CT molecular complexity index is 1590. The van der Waals surface area contributed by atoms with Crippen molar-refractivity contribution in [1.29, 1.82) is 0 Å². The Kier molecular flexibility index (Phi) is 6.76. The number of rotatable bonds is 6. The monoisotopic (exact) mass is 518 g/mol. The van der Waals surface area contributed by atoms with E-state index in [2.05, 4.69) is 4.98 Å². The van der Waals surface area contributed by atoms with Gasteiger partial charge in [0.2, 0.25) is 10.0 Å². The molecule has 36 heavy (non-hydrogen) atoms. The lowest BCUT2D eigenvalue weighted by molar-refractivity contribution is -0.137. The third-order valence-corrected chi connectivity index (χ3v) is 7.58. The number of nitrogens with one attached hydrogen (secondary N) is 1. The third-order valence-electron chi connectivity index (χ3n) is 5.79. The number of sulfonamides is 1. The molecule has 0 spiro atoms. The number of aromatic amines is 1. The molecule has 0 saturated carbocycles. The van der Waals surface area contributed by atoms with Crippen LogP contribution in [-0.2, 0) is 29.3 Å². The number of aryl methyl sites for hydroxylation is 2. The number of alkyl halides is 3. The Morgan fingerprint density at radius 1 is 0.917 bits per heavy atom. The van der Waals surface area contributed by atoms with Crippen LogP contribution in [0.3, 0.4) is 0 Å². The van der Waals surface area contributed by atoms with Gasteiger partial charge >= 0.3 is 6.18 Å². The lowest BCUT2D eigenvalue weighted by Crippen LogP contribution is -2.32. The van der Waals surface area contributed by atoms with E-state index in [9.17, 15) is 30.8 Å². The maximum Gasteiger partial charge on any atom is 0.416 e. The van der Waals surface area contributed by atoms with Crippen LogP contribution < -0.4 is 5.56 Å². The Labute approximate surface area is 205 Å². The minimum Gasteiger partial charge on any atom is -0.321 e. The van der Waals surface area contributed by atoms with Gasteiger partial charge < -0.3 is 4.98 Å². The first kappa shape index (κ1) is 25.6. The van der Waals surface area contributed by atoms with E-state index in [1.165, 1.54) is 12.1 Å². The van der Waals surface area contributed by atoms with Crippen molar-refractivity contribution in [2.45, 2.75) is 38.0 Å². The molecule has 1 aromatic heterocycles. The van der Waals surface area contributed by atoms with Crippen LogP contribution in [-0.4, -0.2) is 17.7 Å². The van der Waals surface area contributed by atoms with Crippen molar-refractivity contribution in [3.05, 3.63) is 111 Å². The molecule has 4 rings (SSSR count). The fourth-order valence-corrected chi connectivity index (χ4v) is 5.49. The summed E-state index contributed by atoms with van der Waals surface area (Å²) >= 11 is 0. The number of nitrogens with zero attached hydrogens (tertiary/aromatic N) is 1. The van der Waals surface area contributed by atoms with Crippen LogP contribution in [0.5, 0.6) is 0 Å². The predicted octanol–water partition coefficient (Wildman–Crippen LogP) is 5.69. The van der Waals surface area contributed by atoms with Crippen molar-refractivity contribution in [2.75, 3.05) is 0 Å². The number of H-pyrrole nitrogens is 1. The molecular weight excluding hydrogens is 496 g/mol. The molecule has 3 aromatic carbocycles. The van der Waals surface area contributed by atoms with Gasteiger partial charge in [-0.25, -0.2) is 12.8 Å². The average molecular weight is 519 g/mol. The topological polar surface area (TPSA) is 70.2 Å². The fourth-order valence-electron chi connectivity index (χ4n) is 4.04. The van der Waals surface area contributed by atoms with Gasteiger partial charge in [0.1, 0.15) is 5.82 Å². The Morgan fingerprint density at radius 3 is 2.28 bits per heavy atom. The Morgan fingerprint density at radius 2 is 1.61 bits per heavy atom. The zero-order chi connectivity index (χ0) is 26.3. The second-order valence-corrected chi connectivity index (χ2v) is 10.5. The minimum absolute atomic E-state index is 0.116. The average Bonchev–Trinajstić information content (AvgIpc) is 2.80. The van der Waals surface area contributed by atoms with E-state index >= 15 is 0 Å². The second-order valence-electron chi connectivity index (χ2n) is 8.59. The standard InChI is InChI=1S/C26H22F4N2O3S/c1-16-10-17(2)24-19(11-16)12-20(25(33)31-24)15-32(14-18-6-8-22(27)9-7-18)36(34,35)23-5-3-4-21(13-23)26(28,29)30/h3-13H,14-15H2,1-2H3,(H,31,33). The molecule has 1 N–H and O–H groups in total. The zero-order valence-electron chi connectivity index (χ0n) is 19.4. The molecule has 4 aromatic rings. The summed E-state index contributed by atoms with van der Waals surface area (Å²) in [5.74, 6) is -0.525. The number of pyridine rings is 1. The summed E-state index contributed by atoms with van der Waals surface area (Å²) in [7, 11) is -4.49.